The van der Waals surface area contributed by atoms with E-state index in [0.29, 0.717) is 33.8 Å². The molecule has 4 rings (SSSR count). The van der Waals surface area contributed by atoms with Crippen LogP contribution >= 0.6 is 0 Å². The summed E-state index contributed by atoms with van der Waals surface area (Å²) >= 11 is 0. The third kappa shape index (κ3) is 6.99. The third-order valence-corrected chi connectivity index (χ3v) is 7.58. The predicted octanol–water partition coefficient (Wildman–Crippen LogP) is 5.99. The van der Waals surface area contributed by atoms with Crippen LogP contribution in [0.4, 0.5) is 18.9 Å². The third-order valence-electron chi connectivity index (χ3n) is 5.83. The smallest absolute Gasteiger partial charge is 0.405 e. The number of hydrogen-bond acceptors (Lipinski definition) is 6. The summed E-state index contributed by atoms with van der Waals surface area (Å²) in [5, 5.41) is 2.79. The van der Waals surface area contributed by atoms with Gasteiger partial charge in [-0.2, -0.15) is 0 Å². The largest absolute Gasteiger partial charge is 0.573 e. The average molecular weight is 556 g/mol. The first-order valence-corrected chi connectivity index (χ1v) is 13.5. The number of para-hydroxylation sites is 1. The fourth-order valence-corrected chi connectivity index (χ4v) is 4.79. The van der Waals surface area contributed by atoms with Crippen LogP contribution in [0, 0.1) is 6.92 Å². The SMILES string of the molecule is CCS(=O)(=O)c1ccc(CC(=O)Nc2ccc(-c3ccccc3OC(F)(F)F)c(-c3cnc(C)nc3)c2)cc1. The zero-order chi connectivity index (χ0) is 28.2. The molecule has 1 amide bonds. The molecular weight excluding hydrogens is 531 g/mol. The summed E-state index contributed by atoms with van der Waals surface area (Å²) in [7, 11) is -3.35. The van der Waals surface area contributed by atoms with E-state index in [1.807, 2.05) is 0 Å². The van der Waals surface area contributed by atoms with Crippen LogP contribution in [0.15, 0.2) is 84.0 Å². The molecule has 202 valence electrons. The molecule has 7 nitrogen and oxygen atoms in total. The Hall–Kier alpha value is -4.25. The molecule has 0 aliphatic carbocycles. The van der Waals surface area contributed by atoms with Crippen molar-refractivity contribution < 1.29 is 31.1 Å². The number of alkyl halides is 3. The van der Waals surface area contributed by atoms with Gasteiger partial charge in [0.05, 0.1) is 17.1 Å². The highest BCUT2D eigenvalue weighted by atomic mass is 32.2. The molecule has 1 aromatic heterocycles. The van der Waals surface area contributed by atoms with Crippen molar-refractivity contribution in [1.82, 2.24) is 9.97 Å². The summed E-state index contributed by atoms with van der Waals surface area (Å²) in [4.78, 5) is 21.4. The summed E-state index contributed by atoms with van der Waals surface area (Å²) in [5.41, 5.74) is 2.66. The van der Waals surface area contributed by atoms with Gasteiger partial charge < -0.3 is 10.1 Å². The lowest BCUT2D eigenvalue weighted by molar-refractivity contribution is -0.274. The van der Waals surface area contributed by atoms with Crippen LogP contribution in [0.5, 0.6) is 5.75 Å². The number of hydrogen-bond donors (Lipinski definition) is 1. The van der Waals surface area contributed by atoms with E-state index in [1.165, 1.54) is 30.3 Å². The van der Waals surface area contributed by atoms with Gasteiger partial charge in [0.25, 0.3) is 0 Å². The maximum atomic E-state index is 13.1. The molecule has 0 atom stereocenters. The maximum Gasteiger partial charge on any atom is 0.573 e. The van der Waals surface area contributed by atoms with Gasteiger partial charge in [0.1, 0.15) is 11.6 Å². The predicted molar refractivity (Wildman–Crippen MR) is 141 cm³/mol. The molecule has 0 fully saturated rings. The van der Waals surface area contributed by atoms with Crippen LogP contribution < -0.4 is 10.1 Å². The first-order chi connectivity index (χ1) is 18.4. The van der Waals surface area contributed by atoms with Gasteiger partial charge in [0.2, 0.25) is 5.91 Å². The number of aromatic nitrogens is 2. The Bertz CT molecular complexity index is 1590. The highest BCUT2D eigenvalue weighted by Crippen LogP contribution is 2.40. The van der Waals surface area contributed by atoms with Crippen LogP contribution in [-0.2, 0) is 21.1 Å². The second-order valence-corrected chi connectivity index (χ2v) is 10.9. The van der Waals surface area contributed by atoms with Crippen LogP contribution in [-0.4, -0.2) is 36.4 Å². The summed E-state index contributed by atoms with van der Waals surface area (Å²) in [6.07, 6.45) is -1.80. The monoisotopic (exact) mass is 555 g/mol. The molecular formula is C28H24F3N3O4S. The average Bonchev–Trinajstić information content (AvgIpc) is 2.89. The van der Waals surface area contributed by atoms with Crippen molar-refractivity contribution in [1.29, 1.82) is 0 Å². The van der Waals surface area contributed by atoms with E-state index < -0.39 is 16.2 Å². The standard InChI is InChI=1S/C28H24F3N3O4S/c1-3-39(36,37)22-11-8-19(9-12-22)14-27(35)34-21-10-13-23(25(15-21)20-16-32-18(2)33-17-20)24-6-4-5-7-26(24)38-28(29,30)31/h4-13,15-17H,3,14H2,1-2H3,(H,34,35). The van der Waals surface area contributed by atoms with Crippen molar-refractivity contribution in [3.8, 4) is 28.0 Å². The van der Waals surface area contributed by atoms with Crippen LogP contribution in [0.2, 0.25) is 0 Å². The summed E-state index contributed by atoms with van der Waals surface area (Å²) in [6, 6.07) is 16.7. The number of benzene rings is 3. The van der Waals surface area contributed by atoms with Gasteiger partial charge in [-0.1, -0.05) is 43.3 Å². The maximum absolute atomic E-state index is 13.1. The van der Waals surface area contributed by atoms with Crippen molar-refractivity contribution in [2.75, 3.05) is 11.1 Å². The number of nitrogens with zero attached hydrogens (tertiary/aromatic N) is 2. The van der Waals surface area contributed by atoms with E-state index >= 15 is 0 Å². The molecule has 0 bridgehead atoms. The van der Waals surface area contributed by atoms with Crippen molar-refractivity contribution in [2.24, 2.45) is 0 Å². The molecule has 0 aliphatic rings. The lowest BCUT2D eigenvalue weighted by atomic mass is 9.94. The minimum Gasteiger partial charge on any atom is -0.405 e. The normalized spacial score (nSPS) is 11.7. The van der Waals surface area contributed by atoms with Crippen molar-refractivity contribution in [3.63, 3.8) is 0 Å². The van der Waals surface area contributed by atoms with Gasteiger partial charge in [-0.15, -0.1) is 13.2 Å². The molecule has 0 saturated heterocycles. The van der Waals surface area contributed by atoms with Crippen LogP contribution in [0.25, 0.3) is 22.3 Å². The number of nitrogens with one attached hydrogen (secondary N) is 1. The van der Waals surface area contributed by atoms with Gasteiger partial charge in [0, 0.05) is 29.2 Å². The molecule has 0 unspecified atom stereocenters. The lowest BCUT2D eigenvalue weighted by Gasteiger charge is -2.17. The van der Waals surface area contributed by atoms with Gasteiger partial charge in [-0.05, 0) is 53.9 Å². The van der Waals surface area contributed by atoms with E-state index in [4.69, 9.17) is 0 Å². The summed E-state index contributed by atoms with van der Waals surface area (Å²) in [5.74, 6) is -0.238. The number of ether oxygens (including phenoxy) is 1. The molecule has 11 heteroatoms. The second kappa shape index (κ2) is 11.2. The number of aryl methyl sites for hydroxylation is 1. The Morgan fingerprint density at radius 1 is 0.923 bits per heavy atom. The highest BCUT2D eigenvalue weighted by molar-refractivity contribution is 7.91. The number of anilines is 1. The molecule has 0 aliphatic heterocycles. The molecule has 39 heavy (non-hydrogen) atoms. The molecule has 1 N–H and O–H groups in total. The van der Waals surface area contributed by atoms with E-state index in [9.17, 15) is 26.4 Å². The molecule has 0 spiro atoms. The lowest BCUT2D eigenvalue weighted by Crippen LogP contribution is -2.17. The van der Waals surface area contributed by atoms with Gasteiger partial charge in [0.15, 0.2) is 9.84 Å². The minimum absolute atomic E-state index is 0.0144. The van der Waals surface area contributed by atoms with E-state index in [2.05, 4.69) is 20.0 Å². The van der Waals surface area contributed by atoms with Crippen LogP contribution in [0.1, 0.15) is 18.3 Å². The minimum atomic E-state index is -4.88. The molecule has 1 heterocycles. The fourth-order valence-electron chi connectivity index (χ4n) is 3.90. The molecule has 4 aromatic rings. The quantitative estimate of drug-likeness (QED) is 0.287. The van der Waals surface area contributed by atoms with Crippen molar-refractivity contribution in [3.05, 3.63) is 90.5 Å². The van der Waals surface area contributed by atoms with E-state index in [1.54, 1.807) is 62.6 Å². The number of sulfone groups is 1. The fraction of sp³-hybridized carbons (Fsp3) is 0.179. The number of carbonyl (C=O) groups excluding carboxylic acids is 1. The summed E-state index contributed by atoms with van der Waals surface area (Å²) < 4.78 is 67.5. The zero-order valence-electron chi connectivity index (χ0n) is 21.0. The Balaban J connectivity index is 1.65. The van der Waals surface area contributed by atoms with Gasteiger partial charge >= 0.3 is 6.36 Å². The Morgan fingerprint density at radius 2 is 1.59 bits per heavy atom. The topological polar surface area (TPSA) is 98.2 Å². The van der Waals surface area contributed by atoms with Gasteiger partial charge in [-0.3, -0.25) is 4.79 Å². The zero-order valence-corrected chi connectivity index (χ0v) is 21.8. The van der Waals surface area contributed by atoms with Gasteiger partial charge in [-0.25, -0.2) is 18.4 Å². The number of rotatable bonds is 8. The Labute approximate surface area is 223 Å². The number of halogens is 3. The Kier molecular flexibility index (Phi) is 8.01. The Morgan fingerprint density at radius 3 is 2.23 bits per heavy atom. The first kappa shape index (κ1) is 27.8. The number of amides is 1. The molecule has 0 saturated carbocycles. The second-order valence-electron chi connectivity index (χ2n) is 8.60. The summed E-state index contributed by atoms with van der Waals surface area (Å²) in [6.45, 7) is 3.26. The molecule has 3 aromatic carbocycles. The van der Waals surface area contributed by atoms with E-state index in [-0.39, 0.29) is 34.3 Å². The highest BCUT2D eigenvalue weighted by Gasteiger charge is 2.32. The first-order valence-electron chi connectivity index (χ1n) is 11.8. The molecule has 0 radical (unpaired) electrons. The number of carbonyl (C=O) groups is 1. The van der Waals surface area contributed by atoms with E-state index in [0.717, 1.165) is 0 Å². The van der Waals surface area contributed by atoms with Crippen molar-refractivity contribution in [2.45, 2.75) is 31.5 Å². The van der Waals surface area contributed by atoms with Crippen molar-refractivity contribution >= 4 is 21.4 Å². The van der Waals surface area contributed by atoms with Crippen LogP contribution in [0.3, 0.4) is 0 Å².